The average molecular weight is 177 g/mol. The SMILES string of the molecule is C=C(F)/C=N/[S@@](=O)C(C)(C)C. The molecule has 0 aromatic rings. The van der Waals surface area contributed by atoms with Crippen molar-refractivity contribution in [3.63, 3.8) is 0 Å². The fourth-order valence-electron chi connectivity index (χ4n) is 0.263. The monoisotopic (exact) mass is 177 g/mol. The maximum atomic E-state index is 12.0. The van der Waals surface area contributed by atoms with Crippen molar-refractivity contribution in [3.8, 4) is 0 Å². The number of nitrogens with zero attached hydrogens (tertiary/aromatic N) is 1. The van der Waals surface area contributed by atoms with Gasteiger partial charge in [0, 0.05) is 0 Å². The molecular weight excluding hydrogens is 165 g/mol. The number of allylic oxidation sites excluding steroid dienone is 1. The first-order chi connectivity index (χ1) is 4.84. The quantitative estimate of drug-likeness (QED) is 0.593. The van der Waals surface area contributed by atoms with Gasteiger partial charge in [-0.3, -0.25) is 0 Å². The van der Waals surface area contributed by atoms with Crippen LogP contribution in [0.25, 0.3) is 0 Å². The second-order valence-corrected chi connectivity index (χ2v) is 4.98. The predicted molar refractivity (Wildman–Crippen MR) is 46.6 cm³/mol. The van der Waals surface area contributed by atoms with E-state index in [0.717, 1.165) is 6.21 Å². The first-order valence-electron chi connectivity index (χ1n) is 3.14. The predicted octanol–water partition coefficient (Wildman–Crippen LogP) is 2.00. The maximum absolute atomic E-state index is 12.0. The third kappa shape index (κ3) is 4.84. The lowest BCUT2D eigenvalue weighted by atomic mass is 10.3. The van der Waals surface area contributed by atoms with Crippen LogP contribution in [-0.2, 0) is 11.0 Å². The molecule has 0 saturated carbocycles. The summed E-state index contributed by atoms with van der Waals surface area (Å²) in [7, 11) is -1.39. The number of hydrogen-bond acceptors (Lipinski definition) is 1. The minimum absolute atomic E-state index is 0.439. The minimum atomic E-state index is -1.39. The van der Waals surface area contributed by atoms with Gasteiger partial charge in [0.15, 0.2) is 0 Å². The highest BCUT2D eigenvalue weighted by Gasteiger charge is 2.17. The Morgan fingerprint density at radius 3 is 2.36 bits per heavy atom. The van der Waals surface area contributed by atoms with Crippen LogP contribution in [0.2, 0.25) is 0 Å². The van der Waals surface area contributed by atoms with E-state index in [4.69, 9.17) is 0 Å². The second kappa shape index (κ2) is 3.76. The third-order valence-corrected chi connectivity index (χ3v) is 2.16. The molecule has 0 unspecified atom stereocenters. The van der Waals surface area contributed by atoms with Crippen molar-refractivity contribution in [1.82, 2.24) is 0 Å². The third-order valence-electron chi connectivity index (χ3n) is 0.812. The Labute approximate surface area is 68.8 Å². The lowest BCUT2D eigenvalue weighted by Crippen LogP contribution is -2.19. The molecule has 0 spiro atoms. The lowest BCUT2D eigenvalue weighted by Gasteiger charge is -2.12. The number of hydrogen-bond donors (Lipinski definition) is 0. The zero-order valence-electron chi connectivity index (χ0n) is 6.93. The van der Waals surface area contributed by atoms with Crippen LogP contribution in [0.5, 0.6) is 0 Å². The summed E-state index contributed by atoms with van der Waals surface area (Å²) in [6.45, 7) is 8.25. The van der Waals surface area contributed by atoms with Crippen molar-refractivity contribution in [3.05, 3.63) is 12.4 Å². The second-order valence-electron chi connectivity index (χ2n) is 3.04. The van der Waals surface area contributed by atoms with E-state index in [-0.39, 0.29) is 0 Å². The molecule has 0 aliphatic carbocycles. The van der Waals surface area contributed by atoms with Crippen molar-refractivity contribution in [1.29, 1.82) is 0 Å². The zero-order valence-corrected chi connectivity index (χ0v) is 7.74. The summed E-state index contributed by atoms with van der Waals surface area (Å²) in [6, 6.07) is 0. The Morgan fingerprint density at radius 1 is 1.64 bits per heavy atom. The Hall–Kier alpha value is -0.510. The molecule has 11 heavy (non-hydrogen) atoms. The zero-order chi connectivity index (χ0) is 9.07. The Kier molecular flexibility index (Phi) is 3.58. The topological polar surface area (TPSA) is 29.4 Å². The van der Waals surface area contributed by atoms with E-state index in [9.17, 15) is 8.60 Å². The first kappa shape index (κ1) is 10.5. The van der Waals surface area contributed by atoms with E-state index in [1.807, 2.05) is 0 Å². The van der Waals surface area contributed by atoms with Crippen LogP contribution in [-0.4, -0.2) is 15.2 Å². The molecular formula is C7H12FNOS. The van der Waals surface area contributed by atoms with Gasteiger partial charge in [0.05, 0.1) is 11.0 Å². The van der Waals surface area contributed by atoms with Gasteiger partial charge in [0.2, 0.25) is 0 Å². The molecule has 0 heterocycles. The molecule has 4 heteroatoms. The molecule has 0 aliphatic heterocycles. The molecule has 0 N–H and O–H groups in total. The summed E-state index contributed by atoms with van der Waals surface area (Å²) in [5, 5.41) is 0. The number of rotatable bonds is 2. The van der Waals surface area contributed by atoms with Crippen LogP contribution in [0, 0.1) is 0 Å². The van der Waals surface area contributed by atoms with Crippen LogP contribution in [0.1, 0.15) is 20.8 Å². The largest absolute Gasteiger partial charge is 0.234 e. The van der Waals surface area contributed by atoms with Crippen molar-refractivity contribution in [2.45, 2.75) is 25.5 Å². The molecule has 0 bridgehead atoms. The van der Waals surface area contributed by atoms with Gasteiger partial charge in [-0.15, -0.1) is 0 Å². The average Bonchev–Trinajstić information content (AvgIpc) is 1.80. The highest BCUT2D eigenvalue weighted by molar-refractivity contribution is 7.85. The molecule has 0 aromatic carbocycles. The molecule has 0 aliphatic rings. The van der Waals surface area contributed by atoms with E-state index < -0.39 is 21.6 Å². The standard InChI is InChI=1S/C7H12FNOS/c1-6(8)5-9-11(10)7(2,3)4/h5H,1H2,2-4H3/b9-5+/t11-/m0/s1. The van der Waals surface area contributed by atoms with Crippen LogP contribution < -0.4 is 0 Å². The van der Waals surface area contributed by atoms with E-state index >= 15 is 0 Å². The molecule has 2 nitrogen and oxygen atoms in total. The number of halogens is 1. The summed E-state index contributed by atoms with van der Waals surface area (Å²) < 4.78 is 26.1. The van der Waals surface area contributed by atoms with E-state index in [0.29, 0.717) is 0 Å². The molecule has 0 rings (SSSR count). The maximum Gasteiger partial charge on any atom is 0.144 e. The molecule has 0 aromatic heterocycles. The normalized spacial score (nSPS) is 15.3. The van der Waals surface area contributed by atoms with E-state index in [1.165, 1.54) is 0 Å². The Bertz CT molecular complexity index is 205. The molecule has 0 amide bonds. The summed E-state index contributed by atoms with van der Waals surface area (Å²) in [6.07, 6.45) is 0.876. The van der Waals surface area contributed by atoms with Gasteiger partial charge in [0.25, 0.3) is 0 Å². The van der Waals surface area contributed by atoms with Gasteiger partial charge in [-0.1, -0.05) is 6.58 Å². The van der Waals surface area contributed by atoms with E-state index in [1.54, 1.807) is 20.8 Å². The smallest absolute Gasteiger partial charge is 0.144 e. The molecule has 0 fully saturated rings. The van der Waals surface area contributed by atoms with Gasteiger partial charge in [-0.2, -0.15) is 4.40 Å². The fourth-order valence-corrected chi connectivity index (χ4v) is 0.790. The Morgan fingerprint density at radius 2 is 2.09 bits per heavy atom. The van der Waals surface area contributed by atoms with Crippen molar-refractivity contribution in [2.24, 2.45) is 4.40 Å². The summed E-state index contributed by atoms with van der Waals surface area (Å²) in [4.78, 5) is 0. The van der Waals surface area contributed by atoms with E-state index in [2.05, 4.69) is 11.0 Å². The minimum Gasteiger partial charge on any atom is -0.234 e. The highest BCUT2D eigenvalue weighted by Crippen LogP contribution is 2.11. The summed E-state index contributed by atoms with van der Waals surface area (Å²) in [5.41, 5.74) is 0. The van der Waals surface area contributed by atoms with Crippen LogP contribution in [0.3, 0.4) is 0 Å². The van der Waals surface area contributed by atoms with Gasteiger partial charge in [0.1, 0.15) is 16.8 Å². The molecule has 64 valence electrons. The van der Waals surface area contributed by atoms with Crippen LogP contribution >= 0.6 is 0 Å². The highest BCUT2D eigenvalue weighted by atomic mass is 32.2. The van der Waals surface area contributed by atoms with Gasteiger partial charge < -0.3 is 0 Å². The van der Waals surface area contributed by atoms with Gasteiger partial charge in [-0.05, 0) is 20.8 Å². The molecule has 0 saturated heterocycles. The molecule has 1 atom stereocenters. The van der Waals surface area contributed by atoms with Crippen molar-refractivity contribution < 1.29 is 8.60 Å². The first-order valence-corrected chi connectivity index (χ1v) is 4.25. The lowest BCUT2D eigenvalue weighted by molar-refractivity contribution is 0.650. The molecule has 0 radical (unpaired) electrons. The van der Waals surface area contributed by atoms with Crippen molar-refractivity contribution in [2.75, 3.05) is 0 Å². The Balaban J connectivity index is 4.20. The summed E-state index contributed by atoms with van der Waals surface area (Å²) >= 11 is 0. The van der Waals surface area contributed by atoms with Crippen LogP contribution in [0.4, 0.5) is 4.39 Å². The summed E-state index contributed by atoms with van der Waals surface area (Å²) in [5.74, 6) is -0.678. The van der Waals surface area contributed by atoms with Crippen molar-refractivity contribution >= 4 is 17.2 Å². The van der Waals surface area contributed by atoms with Crippen LogP contribution in [0.15, 0.2) is 16.8 Å². The fraction of sp³-hybridized carbons (Fsp3) is 0.571. The van der Waals surface area contributed by atoms with Gasteiger partial charge in [-0.25, -0.2) is 8.60 Å². The van der Waals surface area contributed by atoms with Gasteiger partial charge >= 0.3 is 0 Å².